The summed E-state index contributed by atoms with van der Waals surface area (Å²) in [4.78, 5) is 25.4. The monoisotopic (exact) mass is 306 g/mol. The first-order chi connectivity index (χ1) is 9.97. The van der Waals surface area contributed by atoms with Gasteiger partial charge in [0.1, 0.15) is 5.57 Å². The number of methoxy groups -OCH3 is 1. The molecule has 0 aromatic heterocycles. The summed E-state index contributed by atoms with van der Waals surface area (Å²) >= 11 is 4.94. The van der Waals surface area contributed by atoms with E-state index in [1.165, 1.54) is 24.2 Å². The zero-order valence-corrected chi connectivity index (χ0v) is 12.4. The number of amides is 2. The van der Waals surface area contributed by atoms with Crippen molar-refractivity contribution < 1.29 is 19.4 Å². The molecule has 0 bridgehead atoms. The summed E-state index contributed by atoms with van der Waals surface area (Å²) in [5.41, 5.74) is 0.477. The van der Waals surface area contributed by atoms with Crippen LogP contribution in [-0.2, 0) is 9.59 Å². The quantitative estimate of drug-likeness (QED) is 0.496. The number of carbonyl (C=O) groups is 2. The van der Waals surface area contributed by atoms with Gasteiger partial charge in [0.05, 0.1) is 7.11 Å². The molecule has 7 heteroatoms. The molecule has 0 aliphatic carbocycles. The van der Waals surface area contributed by atoms with Gasteiger partial charge in [0, 0.05) is 6.54 Å². The summed E-state index contributed by atoms with van der Waals surface area (Å²) in [6, 6.07) is 4.60. The lowest BCUT2D eigenvalue weighted by molar-refractivity contribution is -0.128. The van der Waals surface area contributed by atoms with Gasteiger partial charge in [-0.05, 0) is 42.9 Å². The third-order valence-electron chi connectivity index (χ3n) is 3.02. The third kappa shape index (κ3) is 2.87. The number of nitrogens with one attached hydrogen (secondary N) is 1. The topological polar surface area (TPSA) is 78.9 Å². The van der Waals surface area contributed by atoms with Crippen molar-refractivity contribution in [1.82, 2.24) is 10.2 Å². The normalized spacial score (nSPS) is 17.1. The summed E-state index contributed by atoms with van der Waals surface area (Å²) in [7, 11) is 1.44. The lowest BCUT2D eigenvalue weighted by Crippen LogP contribution is -2.53. The van der Waals surface area contributed by atoms with Crippen LogP contribution in [0.5, 0.6) is 11.5 Å². The molecular weight excluding hydrogens is 292 g/mol. The lowest BCUT2D eigenvalue weighted by Gasteiger charge is -2.27. The fourth-order valence-corrected chi connectivity index (χ4v) is 2.25. The highest BCUT2D eigenvalue weighted by Gasteiger charge is 2.32. The average molecular weight is 306 g/mol. The van der Waals surface area contributed by atoms with Crippen LogP contribution in [0.15, 0.2) is 23.8 Å². The molecule has 1 aliphatic rings. The second kappa shape index (κ2) is 5.92. The molecule has 110 valence electrons. The number of aromatic hydroxyl groups is 1. The summed E-state index contributed by atoms with van der Waals surface area (Å²) < 4.78 is 4.94. The minimum absolute atomic E-state index is 0.0324. The summed E-state index contributed by atoms with van der Waals surface area (Å²) in [6.07, 6.45) is 1.40. The molecule has 2 rings (SSSR count). The number of hydrogen-bond acceptors (Lipinski definition) is 5. The van der Waals surface area contributed by atoms with Crippen molar-refractivity contribution in [3.8, 4) is 11.5 Å². The zero-order valence-electron chi connectivity index (χ0n) is 11.5. The Morgan fingerprint density at radius 2 is 2.14 bits per heavy atom. The Morgan fingerprint density at radius 3 is 2.71 bits per heavy atom. The molecule has 1 aromatic carbocycles. The van der Waals surface area contributed by atoms with Gasteiger partial charge in [-0.3, -0.25) is 19.8 Å². The highest BCUT2D eigenvalue weighted by Crippen LogP contribution is 2.27. The number of thiocarbonyl (C=S) groups is 1. The summed E-state index contributed by atoms with van der Waals surface area (Å²) in [5.74, 6) is -0.766. The van der Waals surface area contributed by atoms with E-state index in [9.17, 15) is 14.7 Å². The van der Waals surface area contributed by atoms with Crippen molar-refractivity contribution in [3.05, 3.63) is 29.3 Å². The molecule has 2 amide bonds. The maximum atomic E-state index is 12.2. The molecule has 1 aromatic rings. The van der Waals surface area contributed by atoms with Gasteiger partial charge in [-0.15, -0.1) is 0 Å². The average Bonchev–Trinajstić information content (AvgIpc) is 2.44. The Morgan fingerprint density at radius 1 is 1.43 bits per heavy atom. The van der Waals surface area contributed by atoms with E-state index in [1.54, 1.807) is 19.1 Å². The molecule has 2 N–H and O–H groups in total. The zero-order chi connectivity index (χ0) is 15.6. The van der Waals surface area contributed by atoms with E-state index in [2.05, 4.69) is 5.32 Å². The number of nitrogens with zero attached hydrogens (tertiary/aromatic N) is 1. The lowest BCUT2D eigenvalue weighted by atomic mass is 10.1. The third-order valence-corrected chi connectivity index (χ3v) is 3.34. The summed E-state index contributed by atoms with van der Waals surface area (Å²) in [5, 5.41) is 12.3. The molecule has 21 heavy (non-hydrogen) atoms. The molecule has 0 atom stereocenters. The van der Waals surface area contributed by atoms with E-state index in [4.69, 9.17) is 17.0 Å². The van der Waals surface area contributed by atoms with Gasteiger partial charge in [-0.1, -0.05) is 6.07 Å². The van der Waals surface area contributed by atoms with Crippen LogP contribution in [0.1, 0.15) is 12.5 Å². The van der Waals surface area contributed by atoms with Crippen LogP contribution < -0.4 is 10.1 Å². The van der Waals surface area contributed by atoms with Crippen LogP contribution in [0.3, 0.4) is 0 Å². The maximum absolute atomic E-state index is 12.2. The standard InChI is InChI=1S/C14H14N2O4S/c1-3-16-13(19)9(12(18)15-14(16)21)6-8-4-5-11(20-2)10(17)7-8/h4-7,17H,3H2,1-2H3,(H,15,18,21)/b9-6+. The number of carbonyl (C=O) groups excluding carboxylic acids is 2. The molecule has 0 saturated carbocycles. The van der Waals surface area contributed by atoms with Gasteiger partial charge in [0.15, 0.2) is 16.6 Å². The van der Waals surface area contributed by atoms with Crippen molar-refractivity contribution in [2.24, 2.45) is 0 Å². The Labute approximate surface area is 127 Å². The van der Waals surface area contributed by atoms with Gasteiger partial charge >= 0.3 is 0 Å². The van der Waals surface area contributed by atoms with Crippen molar-refractivity contribution in [2.75, 3.05) is 13.7 Å². The number of rotatable bonds is 3. The minimum atomic E-state index is -0.551. The predicted octanol–water partition coefficient (Wildman–Crippen LogP) is 1.05. The number of ether oxygens (including phenoxy) is 1. The number of phenolic OH excluding ortho intramolecular Hbond substituents is 1. The largest absolute Gasteiger partial charge is 0.504 e. The Hall–Kier alpha value is -2.41. The SMILES string of the molecule is CCN1C(=O)/C(=C/c2ccc(OC)c(O)c2)C(=O)NC1=S. The second-order valence-electron chi connectivity index (χ2n) is 4.30. The Bertz CT molecular complexity index is 654. The Balaban J connectivity index is 2.39. The molecule has 6 nitrogen and oxygen atoms in total. The van der Waals surface area contributed by atoms with Crippen molar-refractivity contribution >= 4 is 35.2 Å². The van der Waals surface area contributed by atoms with E-state index in [1.807, 2.05) is 0 Å². The molecule has 0 unspecified atom stereocenters. The fraction of sp³-hybridized carbons (Fsp3) is 0.214. The van der Waals surface area contributed by atoms with Crippen LogP contribution in [0.25, 0.3) is 6.08 Å². The van der Waals surface area contributed by atoms with Crippen LogP contribution in [-0.4, -0.2) is 40.6 Å². The smallest absolute Gasteiger partial charge is 0.265 e. The van der Waals surface area contributed by atoms with Gasteiger partial charge in [0.25, 0.3) is 11.8 Å². The maximum Gasteiger partial charge on any atom is 0.265 e. The van der Waals surface area contributed by atoms with Gasteiger partial charge in [-0.2, -0.15) is 0 Å². The fourth-order valence-electron chi connectivity index (χ4n) is 1.94. The molecule has 1 aliphatic heterocycles. The van der Waals surface area contributed by atoms with Crippen molar-refractivity contribution in [2.45, 2.75) is 6.92 Å². The number of phenols is 1. The van der Waals surface area contributed by atoms with Crippen molar-refractivity contribution in [3.63, 3.8) is 0 Å². The highest BCUT2D eigenvalue weighted by molar-refractivity contribution is 7.80. The number of benzene rings is 1. The minimum Gasteiger partial charge on any atom is -0.504 e. The molecule has 0 radical (unpaired) electrons. The highest BCUT2D eigenvalue weighted by atomic mass is 32.1. The first-order valence-electron chi connectivity index (χ1n) is 6.23. The molecule has 0 spiro atoms. The van der Waals surface area contributed by atoms with Gasteiger partial charge < -0.3 is 9.84 Å². The van der Waals surface area contributed by atoms with E-state index in [-0.39, 0.29) is 16.4 Å². The van der Waals surface area contributed by atoms with Gasteiger partial charge in [0.2, 0.25) is 0 Å². The van der Waals surface area contributed by atoms with Crippen LogP contribution in [0.4, 0.5) is 0 Å². The first kappa shape index (κ1) is 15.0. The van der Waals surface area contributed by atoms with Crippen molar-refractivity contribution in [1.29, 1.82) is 0 Å². The van der Waals surface area contributed by atoms with E-state index >= 15 is 0 Å². The molecule has 1 saturated heterocycles. The van der Waals surface area contributed by atoms with Crippen LogP contribution >= 0.6 is 12.2 Å². The first-order valence-corrected chi connectivity index (χ1v) is 6.64. The molecular formula is C14H14N2O4S. The van der Waals surface area contributed by atoms with E-state index in [0.717, 1.165) is 0 Å². The van der Waals surface area contributed by atoms with Crippen LogP contribution in [0, 0.1) is 0 Å². The second-order valence-corrected chi connectivity index (χ2v) is 4.68. The van der Waals surface area contributed by atoms with Crippen LogP contribution in [0.2, 0.25) is 0 Å². The number of likely N-dealkylation sites (N-methyl/N-ethyl adjacent to an activating group) is 1. The predicted molar refractivity (Wildman–Crippen MR) is 80.8 cm³/mol. The van der Waals surface area contributed by atoms with Gasteiger partial charge in [-0.25, -0.2) is 0 Å². The molecule has 1 heterocycles. The Kier molecular flexibility index (Phi) is 4.23. The molecule has 1 fully saturated rings. The summed E-state index contributed by atoms with van der Waals surface area (Å²) in [6.45, 7) is 2.13. The van der Waals surface area contributed by atoms with E-state index < -0.39 is 11.8 Å². The number of hydrogen-bond donors (Lipinski definition) is 2. The van der Waals surface area contributed by atoms with E-state index in [0.29, 0.717) is 17.9 Å².